The average Bonchev–Trinajstić information content (AvgIpc) is 2.99. The van der Waals surface area contributed by atoms with Crippen molar-refractivity contribution < 1.29 is 19.0 Å². The zero-order valence-electron chi connectivity index (χ0n) is 11.9. The van der Waals surface area contributed by atoms with Crippen LogP contribution in [0.15, 0.2) is 41.0 Å². The molecule has 0 spiro atoms. The van der Waals surface area contributed by atoms with Crippen LogP contribution in [-0.4, -0.2) is 25.4 Å². The molecule has 0 aliphatic carbocycles. The van der Waals surface area contributed by atoms with Crippen LogP contribution in [0.4, 0.5) is 0 Å². The van der Waals surface area contributed by atoms with E-state index >= 15 is 0 Å². The van der Waals surface area contributed by atoms with Gasteiger partial charge >= 0.3 is 0 Å². The van der Waals surface area contributed by atoms with Gasteiger partial charge in [-0.2, -0.15) is 0 Å². The smallest absolute Gasteiger partial charge is 0.161 e. The molecule has 1 heterocycles. The maximum atomic E-state index is 8.77. The standard InChI is InChI=1S/C15H19NO4.ClH/c1-18-15-9-12(4-5-14(15)20-8-6-17)10-16-11-13-3-2-7-19-13;/h2-5,7,9,16-17H,6,8,10-11H2,1H3;1H. The van der Waals surface area contributed by atoms with E-state index in [1.807, 2.05) is 30.3 Å². The third-order valence-corrected chi connectivity index (χ3v) is 2.79. The molecule has 21 heavy (non-hydrogen) atoms. The summed E-state index contributed by atoms with van der Waals surface area (Å²) in [6.45, 7) is 1.62. The number of ether oxygens (including phenoxy) is 2. The first-order valence-corrected chi connectivity index (χ1v) is 6.47. The molecule has 0 radical (unpaired) electrons. The van der Waals surface area contributed by atoms with E-state index in [0.717, 1.165) is 11.3 Å². The molecule has 0 aliphatic heterocycles. The Balaban J connectivity index is 0.00000220. The summed E-state index contributed by atoms with van der Waals surface area (Å²) >= 11 is 0. The van der Waals surface area contributed by atoms with Gasteiger partial charge in [0.05, 0.1) is 26.5 Å². The molecule has 0 fully saturated rings. The molecule has 0 aliphatic rings. The van der Waals surface area contributed by atoms with E-state index in [1.165, 1.54) is 0 Å². The molecule has 0 unspecified atom stereocenters. The quantitative estimate of drug-likeness (QED) is 0.783. The van der Waals surface area contributed by atoms with Gasteiger partial charge in [-0.3, -0.25) is 0 Å². The Hall–Kier alpha value is -1.69. The van der Waals surface area contributed by atoms with Crippen LogP contribution in [-0.2, 0) is 13.1 Å². The number of methoxy groups -OCH3 is 1. The summed E-state index contributed by atoms with van der Waals surface area (Å²) in [6, 6.07) is 9.53. The fourth-order valence-corrected chi connectivity index (χ4v) is 1.84. The minimum Gasteiger partial charge on any atom is -0.493 e. The van der Waals surface area contributed by atoms with Crippen LogP contribution in [0, 0.1) is 0 Å². The highest BCUT2D eigenvalue weighted by Gasteiger charge is 2.05. The number of hydrogen-bond donors (Lipinski definition) is 2. The number of aliphatic hydroxyl groups excluding tert-OH is 1. The lowest BCUT2D eigenvalue weighted by atomic mass is 10.2. The molecule has 2 N–H and O–H groups in total. The van der Waals surface area contributed by atoms with Gasteiger partial charge in [-0.15, -0.1) is 12.4 Å². The van der Waals surface area contributed by atoms with E-state index in [9.17, 15) is 0 Å². The fraction of sp³-hybridized carbons (Fsp3) is 0.333. The number of rotatable bonds is 8. The zero-order valence-corrected chi connectivity index (χ0v) is 12.7. The summed E-state index contributed by atoms with van der Waals surface area (Å²) in [5.41, 5.74) is 1.09. The Labute approximate surface area is 130 Å². The minimum atomic E-state index is -0.0182. The van der Waals surface area contributed by atoms with Crippen molar-refractivity contribution in [1.82, 2.24) is 5.32 Å². The predicted molar refractivity (Wildman–Crippen MR) is 82.1 cm³/mol. The molecule has 1 aromatic carbocycles. The van der Waals surface area contributed by atoms with Crippen molar-refractivity contribution in [3.8, 4) is 11.5 Å². The second-order valence-corrected chi connectivity index (χ2v) is 4.24. The SMILES string of the molecule is COc1cc(CNCc2ccco2)ccc1OCCO.Cl. The molecule has 0 bridgehead atoms. The second kappa shape index (κ2) is 9.28. The topological polar surface area (TPSA) is 63.9 Å². The summed E-state index contributed by atoms with van der Waals surface area (Å²) in [5, 5.41) is 12.1. The van der Waals surface area contributed by atoms with Crippen LogP contribution in [0.1, 0.15) is 11.3 Å². The summed E-state index contributed by atoms with van der Waals surface area (Å²) < 4.78 is 15.9. The molecule has 2 aromatic rings. The number of hydrogen-bond acceptors (Lipinski definition) is 5. The van der Waals surface area contributed by atoms with Crippen molar-refractivity contribution in [3.63, 3.8) is 0 Å². The van der Waals surface area contributed by atoms with Crippen molar-refractivity contribution in [2.45, 2.75) is 13.1 Å². The Morgan fingerprint density at radius 3 is 2.71 bits per heavy atom. The van der Waals surface area contributed by atoms with Crippen molar-refractivity contribution in [2.24, 2.45) is 0 Å². The molecular formula is C15H20ClNO4. The number of aliphatic hydroxyl groups is 1. The van der Waals surface area contributed by atoms with Crippen molar-refractivity contribution in [1.29, 1.82) is 0 Å². The lowest BCUT2D eigenvalue weighted by Gasteiger charge is -2.11. The minimum absolute atomic E-state index is 0. The number of furan rings is 1. The van der Waals surface area contributed by atoms with Crippen molar-refractivity contribution in [2.75, 3.05) is 20.3 Å². The van der Waals surface area contributed by atoms with Gasteiger partial charge in [0.15, 0.2) is 11.5 Å². The van der Waals surface area contributed by atoms with E-state index in [0.29, 0.717) is 24.6 Å². The first-order chi connectivity index (χ1) is 9.83. The number of benzene rings is 1. The maximum Gasteiger partial charge on any atom is 0.161 e. The fourth-order valence-electron chi connectivity index (χ4n) is 1.84. The highest BCUT2D eigenvalue weighted by atomic mass is 35.5. The first kappa shape index (κ1) is 17.4. The molecule has 0 atom stereocenters. The van der Waals surface area contributed by atoms with Crippen LogP contribution in [0.25, 0.3) is 0 Å². The summed E-state index contributed by atoms with van der Waals surface area (Å²) in [7, 11) is 1.60. The molecule has 0 amide bonds. The number of nitrogens with one attached hydrogen (secondary N) is 1. The molecule has 0 saturated heterocycles. The van der Waals surface area contributed by atoms with E-state index in [4.69, 9.17) is 19.0 Å². The van der Waals surface area contributed by atoms with Gasteiger partial charge in [0.25, 0.3) is 0 Å². The molecule has 2 rings (SSSR count). The highest BCUT2D eigenvalue weighted by molar-refractivity contribution is 5.85. The Kier molecular flexibility index (Phi) is 7.68. The average molecular weight is 314 g/mol. The molecule has 0 saturated carbocycles. The van der Waals surface area contributed by atoms with Crippen molar-refractivity contribution >= 4 is 12.4 Å². The third-order valence-electron chi connectivity index (χ3n) is 2.79. The van der Waals surface area contributed by atoms with Gasteiger partial charge in [0.1, 0.15) is 12.4 Å². The maximum absolute atomic E-state index is 8.77. The monoisotopic (exact) mass is 313 g/mol. The van der Waals surface area contributed by atoms with Gasteiger partial charge in [-0.25, -0.2) is 0 Å². The first-order valence-electron chi connectivity index (χ1n) is 6.47. The normalized spacial score (nSPS) is 10.0. The van der Waals surface area contributed by atoms with Crippen molar-refractivity contribution in [3.05, 3.63) is 47.9 Å². The van der Waals surface area contributed by atoms with Gasteiger partial charge in [-0.1, -0.05) is 6.07 Å². The van der Waals surface area contributed by atoms with E-state index in [1.54, 1.807) is 13.4 Å². The molecule has 1 aromatic heterocycles. The van der Waals surface area contributed by atoms with Crippen LogP contribution < -0.4 is 14.8 Å². The largest absolute Gasteiger partial charge is 0.493 e. The number of halogens is 1. The van der Waals surface area contributed by atoms with Crippen LogP contribution >= 0.6 is 12.4 Å². The Morgan fingerprint density at radius 2 is 2.05 bits per heavy atom. The lowest BCUT2D eigenvalue weighted by Crippen LogP contribution is -2.12. The summed E-state index contributed by atoms with van der Waals surface area (Å²) in [4.78, 5) is 0. The lowest BCUT2D eigenvalue weighted by molar-refractivity contribution is 0.196. The van der Waals surface area contributed by atoms with Gasteiger partial charge < -0.3 is 24.3 Å². The van der Waals surface area contributed by atoms with E-state index in [2.05, 4.69) is 5.32 Å². The van der Waals surface area contributed by atoms with E-state index < -0.39 is 0 Å². The zero-order chi connectivity index (χ0) is 14.2. The Morgan fingerprint density at radius 1 is 1.19 bits per heavy atom. The van der Waals surface area contributed by atoms with Gasteiger partial charge in [0, 0.05) is 6.54 Å². The van der Waals surface area contributed by atoms with Crippen LogP contribution in [0.3, 0.4) is 0 Å². The van der Waals surface area contributed by atoms with Crippen LogP contribution in [0.5, 0.6) is 11.5 Å². The Bertz CT molecular complexity index is 516. The van der Waals surface area contributed by atoms with E-state index in [-0.39, 0.29) is 25.6 Å². The summed E-state index contributed by atoms with van der Waals surface area (Å²) in [6.07, 6.45) is 1.66. The van der Waals surface area contributed by atoms with Gasteiger partial charge in [-0.05, 0) is 29.8 Å². The molecule has 6 heteroatoms. The van der Waals surface area contributed by atoms with Gasteiger partial charge in [0.2, 0.25) is 0 Å². The molecular weight excluding hydrogens is 294 g/mol. The highest BCUT2D eigenvalue weighted by Crippen LogP contribution is 2.27. The second-order valence-electron chi connectivity index (χ2n) is 4.24. The van der Waals surface area contributed by atoms with Crippen LogP contribution in [0.2, 0.25) is 0 Å². The molecule has 5 nitrogen and oxygen atoms in total. The molecule has 116 valence electrons. The third kappa shape index (κ3) is 5.30. The summed E-state index contributed by atoms with van der Waals surface area (Å²) in [5.74, 6) is 2.20. The predicted octanol–water partition coefficient (Wildman–Crippen LogP) is 2.37.